The SMILES string of the molecule is CCCCCCn1c(SCC(=O)NC(=O)NCC(C)C)nc2ccccc21. The maximum Gasteiger partial charge on any atom is 0.321 e. The lowest BCUT2D eigenvalue weighted by Gasteiger charge is -2.10. The van der Waals surface area contributed by atoms with Crippen LogP contribution in [-0.4, -0.2) is 33.8 Å². The van der Waals surface area contributed by atoms with E-state index in [1.807, 2.05) is 32.0 Å². The molecule has 0 saturated carbocycles. The van der Waals surface area contributed by atoms with Gasteiger partial charge in [-0.2, -0.15) is 0 Å². The molecule has 1 aromatic heterocycles. The van der Waals surface area contributed by atoms with Gasteiger partial charge in [-0.25, -0.2) is 9.78 Å². The fourth-order valence-corrected chi connectivity index (χ4v) is 3.55. The number of benzene rings is 1. The van der Waals surface area contributed by atoms with Crippen LogP contribution >= 0.6 is 11.8 Å². The van der Waals surface area contributed by atoms with Gasteiger partial charge < -0.3 is 9.88 Å². The Bertz CT molecular complexity index is 758. The summed E-state index contributed by atoms with van der Waals surface area (Å²) in [6.07, 6.45) is 4.70. The second-order valence-corrected chi connectivity index (χ2v) is 7.98. The highest BCUT2D eigenvalue weighted by Crippen LogP contribution is 2.24. The van der Waals surface area contributed by atoms with Crippen LogP contribution in [0.25, 0.3) is 11.0 Å². The number of rotatable bonds is 10. The predicted molar refractivity (Wildman–Crippen MR) is 111 cm³/mol. The van der Waals surface area contributed by atoms with Crippen LogP contribution in [0.3, 0.4) is 0 Å². The highest BCUT2D eigenvalue weighted by molar-refractivity contribution is 7.99. The number of hydrogen-bond donors (Lipinski definition) is 2. The highest BCUT2D eigenvalue weighted by Gasteiger charge is 2.14. The third-order valence-corrected chi connectivity index (χ3v) is 5.09. The van der Waals surface area contributed by atoms with E-state index < -0.39 is 6.03 Å². The lowest BCUT2D eigenvalue weighted by molar-refractivity contribution is -0.117. The first-order valence-electron chi connectivity index (χ1n) is 9.67. The number of aryl methyl sites for hydroxylation is 1. The fraction of sp³-hybridized carbons (Fsp3) is 0.550. The van der Waals surface area contributed by atoms with E-state index in [0.717, 1.165) is 29.2 Å². The molecule has 2 rings (SSSR count). The van der Waals surface area contributed by atoms with Crippen molar-refractivity contribution in [1.29, 1.82) is 0 Å². The van der Waals surface area contributed by atoms with Gasteiger partial charge in [0.25, 0.3) is 0 Å². The van der Waals surface area contributed by atoms with Gasteiger partial charge in [0, 0.05) is 13.1 Å². The average Bonchev–Trinajstić information content (AvgIpc) is 2.99. The molecule has 2 N–H and O–H groups in total. The summed E-state index contributed by atoms with van der Waals surface area (Å²) in [6, 6.07) is 7.58. The molecule has 0 atom stereocenters. The summed E-state index contributed by atoms with van der Waals surface area (Å²) in [5.74, 6) is 0.187. The smallest absolute Gasteiger partial charge is 0.321 e. The molecule has 27 heavy (non-hydrogen) atoms. The summed E-state index contributed by atoms with van der Waals surface area (Å²) < 4.78 is 2.18. The zero-order valence-corrected chi connectivity index (χ0v) is 17.3. The van der Waals surface area contributed by atoms with Gasteiger partial charge in [-0.05, 0) is 24.5 Å². The molecule has 0 fully saturated rings. The van der Waals surface area contributed by atoms with Gasteiger partial charge in [0.15, 0.2) is 5.16 Å². The van der Waals surface area contributed by atoms with Gasteiger partial charge >= 0.3 is 6.03 Å². The summed E-state index contributed by atoms with van der Waals surface area (Å²) >= 11 is 1.37. The molecule has 1 heterocycles. The number of carbonyl (C=O) groups is 2. The van der Waals surface area contributed by atoms with Crippen molar-refractivity contribution in [2.45, 2.75) is 58.2 Å². The minimum Gasteiger partial charge on any atom is -0.338 e. The Morgan fingerprint density at radius 1 is 1.19 bits per heavy atom. The summed E-state index contributed by atoms with van der Waals surface area (Å²) in [6.45, 7) is 7.63. The van der Waals surface area contributed by atoms with Crippen molar-refractivity contribution in [3.63, 3.8) is 0 Å². The minimum atomic E-state index is -0.442. The molecule has 0 aliphatic carbocycles. The number of carbonyl (C=O) groups excluding carboxylic acids is 2. The molecule has 6 nitrogen and oxygen atoms in total. The number of urea groups is 1. The van der Waals surface area contributed by atoms with Gasteiger partial charge in [-0.15, -0.1) is 0 Å². The van der Waals surface area contributed by atoms with Crippen molar-refractivity contribution in [3.05, 3.63) is 24.3 Å². The number of aromatic nitrogens is 2. The molecule has 0 aliphatic heterocycles. The van der Waals surface area contributed by atoms with E-state index in [0.29, 0.717) is 12.5 Å². The maximum atomic E-state index is 12.1. The number of amides is 3. The first-order chi connectivity index (χ1) is 13.0. The van der Waals surface area contributed by atoms with Gasteiger partial charge in [-0.3, -0.25) is 10.1 Å². The standard InChI is InChI=1S/C20H30N4O2S/c1-4-5-6-9-12-24-17-11-8-7-10-16(17)22-20(24)27-14-18(25)23-19(26)21-13-15(2)3/h7-8,10-11,15H,4-6,9,12-14H2,1-3H3,(H2,21,23,25,26). The van der Waals surface area contributed by atoms with E-state index in [-0.39, 0.29) is 11.7 Å². The topological polar surface area (TPSA) is 76.0 Å². The average molecular weight is 391 g/mol. The Morgan fingerprint density at radius 2 is 1.96 bits per heavy atom. The lowest BCUT2D eigenvalue weighted by Crippen LogP contribution is -2.41. The predicted octanol–water partition coefficient (Wildman–Crippen LogP) is 4.19. The van der Waals surface area contributed by atoms with Crippen LogP contribution in [0.5, 0.6) is 0 Å². The number of para-hydroxylation sites is 2. The number of nitrogens with zero attached hydrogens (tertiary/aromatic N) is 2. The zero-order chi connectivity index (χ0) is 19.6. The van der Waals surface area contributed by atoms with E-state index in [1.54, 1.807) is 0 Å². The van der Waals surface area contributed by atoms with Crippen LogP contribution in [0.1, 0.15) is 46.5 Å². The Kier molecular flexibility index (Phi) is 8.64. The molecule has 7 heteroatoms. The first-order valence-corrected chi connectivity index (χ1v) is 10.7. The largest absolute Gasteiger partial charge is 0.338 e. The quantitative estimate of drug-likeness (QED) is 0.471. The summed E-state index contributed by atoms with van der Waals surface area (Å²) in [5.41, 5.74) is 2.03. The van der Waals surface area contributed by atoms with E-state index in [9.17, 15) is 9.59 Å². The Labute approximate surface area is 165 Å². The van der Waals surface area contributed by atoms with Crippen LogP contribution in [0, 0.1) is 5.92 Å². The maximum absolute atomic E-state index is 12.1. The van der Waals surface area contributed by atoms with Crippen LogP contribution in [0.2, 0.25) is 0 Å². The molecule has 1 aromatic carbocycles. The van der Waals surface area contributed by atoms with Gasteiger partial charge in [-0.1, -0.05) is 63.9 Å². The van der Waals surface area contributed by atoms with E-state index in [2.05, 4.69) is 33.2 Å². The summed E-state index contributed by atoms with van der Waals surface area (Å²) in [4.78, 5) is 28.4. The van der Waals surface area contributed by atoms with Crippen LogP contribution in [0.4, 0.5) is 4.79 Å². The molecule has 0 radical (unpaired) electrons. The Balaban J connectivity index is 1.96. The van der Waals surface area contributed by atoms with Gasteiger partial charge in [0.1, 0.15) is 0 Å². The number of imide groups is 1. The third-order valence-electron chi connectivity index (χ3n) is 4.11. The molecular formula is C20H30N4O2S. The Hall–Kier alpha value is -2.02. The zero-order valence-electron chi connectivity index (χ0n) is 16.5. The lowest BCUT2D eigenvalue weighted by atomic mass is 10.2. The first kappa shape index (κ1) is 21.3. The number of nitrogens with one attached hydrogen (secondary N) is 2. The fourth-order valence-electron chi connectivity index (χ4n) is 2.71. The number of fused-ring (bicyclic) bond motifs is 1. The van der Waals surface area contributed by atoms with Gasteiger partial charge in [0.2, 0.25) is 5.91 Å². The van der Waals surface area contributed by atoms with E-state index in [1.165, 1.54) is 31.0 Å². The number of thioether (sulfide) groups is 1. The monoisotopic (exact) mass is 390 g/mol. The van der Waals surface area contributed by atoms with Crippen molar-refractivity contribution in [1.82, 2.24) is 20.2 Å². The van der Waals surface area contributed by atoms with E-state index >= 15 is 0 Å². The van der Waals surface area contributed by atoms with Crippen molar-refractivity contribution in [3.8, 4) is 0 Å². The Morgan fingerprint density at radius 3 is 2.70 bits per heavy atom. The van der Waals surface area contributed by atoms with Crippen molar-refractivity contribution >= 4 is 34.7 Å². The van der Waals surface area contributed by atoms with E-state index in [4.69, 9.17) is 0 Å². The van der Waals surface area contributed by atoms with Crippen molar-refractivity contribution in [2.24, 2.45) is 5.92 Å². The number of unbranched alkanes of at least 4 members (excludes halogenated alkanes) is 3. The van der Waals surface area contributed by atoms with Crippen LogP contribution in [0.15, 0.2) is 29.4 Å². The summed E-state index contributed by atoms with van der Waals surface area (Å²) in [5, 5.41) is 5.88. The van der Waals surface area contributed by atoms with Crippen molar-refractivity contribution in [2.75, 3.05) is 12.3 Å². The molecule has 3 amide bonds. The minimum absolute atomic E-state index is 0.160. The third kappa shape index (κ3) is 6.90. The molecule has 2 aromatic rings. The van der Waals surface area contributed by atoms with Gasteiger partial charge in [0.05, 0.1) is 16.8 Å². The molecule has 0 spiro atoms. The van der Waals surface area contributed by atoms with Crippen LogP contribution in [-0.2, 0) is 11.3 Å². The molecular weight excluding hydrogens is 360 g/mol. The highest BCUT2D eigenvalue weighted by atomic mass is 32.2. The second-order valence-electron chi connectivity index (χ2n) is 7.04. The van der Waals surface area contributed by atoms with Crippen LogP contribution < -0.4 is 10.6 Å². The molecule has 0 unspecified atom stereocenters. The molecule has 0 bridgehead atoms. The molecule has 0 saturated heterocycles. The number of hydrogen-bond acceptors (Lipinski definition) is 4. The second kappa shape index (κ2) is 11.0. The molecule has 0 aliphatic rings. The number of imidazole rings is 1. The van der Waals surface area contributed by atoms with Crippen molar-refractivity contribution < 1.29 is 9.59 Å². The summed E-state index contributed by atoms with van der Waals surface area (Å²) in [7, 11) is 0. The normalized spacial score (nSPS) is 11.1. The molecule has 148 valence electrons.